The van der Waals surface area contributed by atoms with E-state index in [-0.39, 0.29) is 5.81 Å². The van der Waals surface area contributed by atoms with Gasteiger partial charge in [0.2, 0.25) is 0 Å². The molecule has 0 aliphatic carbocycles. The third-order valence-electron chi connectivity index (χ3n) is 1.79. The van der Waals surface area contributed by atoms with Crippen LogP contribution in [0, 0.1) is 11.5 Å². The smallest absolute Gasteiger partial charge is 0.272 e. The maximum Gasteiger partial charge on any atom is 0.272 e. The Hall–Kier alpha value is -1.76. The fourth-order valence-corrected chi connectivity index (χ4v) is 1.05. The molecular formula is C10H10BN2O. The van der Waals surface area contributed by atoms with E-state index in [1.165, 1.54) is 7.28 Å². The number of hydrogen-bond donors (Lipinski definition) is 0. The molecule has 1 amide bonds. The predicted octanol–water partition coefficient (Wildman–Crippen LogP) is 0.939. The summed E-state index contributed by atoms with van der Waals surface area (Å²) >= 11 is 0. The highest BCUT2D eigenvalue weighted by Crippen LogP contribution is 1.89. The van der Waals surface area contributed by atoms with Crippen LogP contribution in [0.4, 0.5) is 4.79 Å². The van der Waals surface area contributed by atoms with E-state index in [0.717, 1.165) is 10.4 Å². The van der Waals surface area contributed by atoms with Gasteiger partial charge in [0.05, 0.1) is 0 Å². The highest BCUT2D eigenvalue weighted by molar-refractivity contribution is 6.83. The van der Waals surface area contributed by atoms with Gasteiger partial charge in [0, 0.05) is 6.54 Å². The van der Waals surface area contributed by atoms with Gasteiger partial charge >= 0.3 is 0 Å². The maximum atomic E-state index is 11.4. The second kappa shape index (κ2) is 5.08. The minimum absolute atomic E-state index is 0.277. The van der Waals surface area contributed by atoms with Crippen LogP contribution in [0.2, 0.25) is 0 Å². The molecule has 14 heavy (non-hydrogen) atoms. The number of rotatable bonds is 3. The van der Waals surface area contributed by atoms with Crippen molar-refractivity contribution in [1.29, 1.82) is 5.26 Å². The van der Waals surface area contributed by atoms with E-state index >= 15 is 0 Å². The summed E-state index contributed by atoms with van der Waals surface area (Å²) in [7, 11) is 1.45. The first-order chi connectivity index (χ1) is 6.77. The first kappa shape index (κ1) is 10.3. The molecule has 0 heterocycles. The van der Waals surface area contributed by atoms with Crippen LogP contribution in [0.25, 0.3) is 0 Å². The molecule has 0 N–H and O–H groups in total. The molecule has 0 fully saturated rings. The van der Waals surface area contributed by atoms with E-state index in [0.29, 0.717) is 6.54 Å². The zero-order valence-corrected chi connectivity index (χ0v) is 7.97. The molecule has 1 aromatic carbocycles. The van der Waals surface area contributed by atoms with E-state index in [1.54, 1.807) is 6.92 Å². The van der Waals surface area contributed by atoms with E-state index in [2.05, 4.69) is 0 Å². The zero-order valence-electron chi connectivity index (χ0n) is 7.97. The molecule has 69 valence electrons. The number of hydrogen-bond acceptors (Lipinski definition) is 2. The van der Waals surface area contributed by atoms with Gasteiger partial charge in [0.15, 0.2) is 12.0 Å². The van der Waals surface area contributed by atoms with Crippen LogP contribution in [0.3, 0.4) is 0 Å². The summed E-state index contributed by atoms with van der Waals surface area (Å²) < 4.78 is 0. The Morgan fingerprint density at radius 2 is 2.14 bits per heavy atom. The summed E-state index contributed by atoms with van der Waals surface area (Å²) in [5.74, 6) is -0.277. The van der Waals surface area contributed by atoms with Gasteiger partial charge in [-0.3, -0.25) is 9.69 Å². The highest BCUT2D eigenvalue weighted by Gasteiger charge is 2.12. The summed E-state index contributed by atoms with van der Waals surface area (Å²) in [4.78, 5) is 12.5. The third kappa shape index (κ3) is 2.63. The first-order valence-electron chi connectivity index (χ1n) is 4.39. The molecule has 0 aromatic heterocycles. The third-order valence-corrected chi connectivity index (χ3v) is 1.79. The average Bonchev–Trinajstić information content (AvgIpc) is 2.21. The van der Waals surface area contributed by atoms with Crippen molar-refractivity contribution in [1.82, 2.24) is 4.90 Å². The highest BCUT2D eigenvalue weighted by atomic mass is 16.1. The fraction of sp³-hybridized carbons (Fsp3) is 0.200. The molecule has 3 nitrogen and oxygen atoms in total. The van der Waals surface area contributed by atoms with Crippen LogP contribution in [-0.2, 0) is 0 Å². The number of amides is 1. The van der Waals surface area contributed by atoms with Crippen LogP contribution in [0.1, 0.15) is 6.92 Å². The van der Waals surface area contributed by atoms with Crippen molar-refractivity contribution >= 4 is 18.5 Å². The summed E-state index contributed by atoms with van der Waals surface area (Å²) in [6, 6.07) is 9.22. The maximum absolute atomic E-state index is 11.4. The molecule has 0 aliphatic rings. The number of nitriles is 1. The number of benzene rings is 1. The van der Waals surface area contributed by atoms with Crippen molar-refractivity contribution < 1.29 is 4.79 Å². The Morgan fingerprint density at radius 1 is 1.50 bits per heavy atom. The fourth-order valence-electron chi connectivity index (χ4n) is 1.05. The van der Waals surface area contributed by atoms with Crippen LogP contribution in [-0.4, -0.2) is 24.5 Å². The van der Waals surface area contributed by atoms with Gasteiger partial charge in [-0.15, -0.1) is 0 Å². The molecule has 0 atom stereocenters. The molecule has 1 rings (SSSR count). The predicted molar refractivity (Wildman–Crippen MR) is 55.2 cm³/mol. The molecule has 0 unspecified atom stereocenters. The summed E-state index contributed by atoms with van der Waals surface area (Å²) in [5.41, 5.74) is 0.811. The lowest BCUT2D eigenvalue weighted by Crippen LogP contribution is -2.34. The summed E-state index contributed by atoms with van der Waals surface area (Å²) in [6.07, 6.45) is 1.82. The van der Waals surface area contributed by atoms with Crippen molar-refractivity contribution in [2.24, 2.45) is 0 Å². The van der Waals surface area contributed by atoms with Crippen molar-refractivity contribution in [3.63, 3.8) is 0 Å². The molecule has 0 spiro atoms. The summed E-state index contributed by atoms with van der Waals surface area (Å²) in [5, 5.41) is 8.61. The second-order valence-electron chi connectivity index (χ2n) is 2.74. The number of nitrogens with zero attached hydrogens (tertiary/aromatic N) is 2. The van der Waals surface area contributed by atoms with Crippen molar-refractivity contribution in [2.45, 2.75) is 6.92 Å². The second-order valence-corrected chi connectivity index (χ2v) is 2.74. The van der Waals surface area contributed by atoms with Gasteiger partial charge in [0.25, 0.3) is 7.28 Å². The van der Waals surface area contributed by atoms with Crippen LogP contribution in [0.15, 0.2) is 30.3 Å². The molecule has 4 heteroatoms. The Labute approximate surface area is 84.2 Å². The first-order valence-corrected chi connectivity index (χ1v) is 4.39. The molecule has 1 radical (unpaired) electrons. The molecule has 0 saturated carbocycles. The lowest BCUT2D eigenvalue weighted by molar-refractivity contribution is 0.241. The van der Waals surface area contributed by atoms with E-state index in [4.69, 9.17) is 5.26 Å². The normalized spacial score (nSPS) is 8.86. The Morgan fingerprint density at radius 3 is 2.64 bits per heavy atom. The lowest BCUT2D eigenvalue weighted by Gasteiger charge is -2.09. The Bertz CT molecular complexity index is 345. The van der Waals surface area contributed by atoms with Gasteiger partial charge in [-0.2, -0.15) is 5.26 Å². The van der Waals surface area contributed by atoms with Crippen molar-refractivity contribution in [2.75, 3.05) is 6.54 Å². The SMILES string of the molecule is CCN(C#N)C(=O)[B]c1ccccc1. The lowest BCUT2D eigenvalue weighted by atomic mass is 9.69. The Balaban J connectivity index is 2.62. The van der Waals surface area contributed by atoms with Crippen molar-refractivity contribution in [3.05, 3.63) is 30.3 Å². The zero-order chi connectivity index (χ0) is 10.4. The van der Waals surface area contributed by atoms with Gasteiger partial charge in [0.1, 0.15) is 0 Å². The minimum Gasteiger partial charge on any atom is -0.287 e. The molecule has 0 aliphatic heterocycles. The quantitative estimate of drug-likeness (QED) is 0.399. The largest absolute Gasteiger partial charge is 0.287 e. The van der Waals surface area contributed by atoms with Crippen LogP contribution >= 0.6 is 0 Å². The number of carbonyl (C=O) groups is 1. The molecule has 0 saturated heterocycles. The van der Waals surface area contributed by atoms with E-state index in [1.807, 2.05) is 36.5 Å². The van der Waals surface area contributed by atoms with Gasteiger partial charge in [-0.1, -0.05) is 35.8 Å². The van der Waals surface area contributed by atoms with Crippen molar-refractivity contribution in [3.8, 4) is 6.19 Å². The standard InChI is InChI=1S/C10H10BN2O/c1-2-13(8-12)10(14)11-9-6-4-3-5-7-9/h3-7H,2H2,1H3. The van der Waals surface area contributed by atoms with Gasteiger partial charge in [-0.05, 0) is 6.92 Å². The van der Waals surface area contributed by atoms with Crippen LogP contribution in [0.5, 0.6) is 0 Å². The van der Waals surface area contributed by atoms with Crippen LogP contribution < -0.4 is 5.46 Å². The average molecular weight is 185 g/mol. The minimum atomic E-state index is -0.277. The topological polar surface area (TPSA) is 44.1 Å². The van der Waals surface area contributed by atoms with Gasteiger partial charge in [-0.25, -0.2) is 0 Å². The number of carbonyl (C=O) groups excluding carboxylic acids is 1. The van der Waals surface area contributed by atoms with E-state index in [9.17, 15) is 4.79 Å². The molecular weight excluding hydrogens is 175 g/mol. The Kier molecular flexibility index (Phi) is 3.75. The van der Waals surface area contributed by atoms with Gasteiger partial charge < -0.3 is 0 Å². The molecule has 0 bridgehead atoms. The molecule has 1 aromatic rings. The monoisotopic (exact) mass is 185 g/mol. The summed E-state index contributed by atoms with van der Waals surface area (Å²) in [6.45, 7) is 2.17. The van der Waals surface area contributed by atoms with E-state index < -0.39 is 0 Å².